The Balaban J connectivity index is 2.16. The van der Waals surface area contributed by atoms with Gasteiger partial charge in [-0.2, -0.15) is 0 Å². The first-order valence-corrected chi connectivity index (χ1v) is 5.12. The van der Waals surface area contributed by atoms with Gasteiger partial charge in [-0.05, 0) is 37.0 Å². The highest BCUT2D eigenvalue weighted by atomic mass is 35.5. The largest absolute Gasteiger partial charge is 0.369 e. The first-order chi connectivity index (χ1) is 5.74. The zero-order valence-corrected chi connectivity index (χ0v) is 7.76. The molecule has 4 unspecified atom stereocenters. The summed E-state index contributed by atoms with van der Waals surface area (Å²) in [5.41, 5.74) is 5.35. The topological polar surface area (TPSA) is 43.1 Å². The summed E-state index contributed by atoms with van der Waals surface area (Å²) in [7, 11) is 0. The van der Waals surface area contributed by atoms with Gasteiger partial charge < -0.3 is 5.73 Å². The summed E-state index contributed by atoms with van der Waals surface area (Å²) >= 11 is 5.83. The van der Waals surface area contributed by atoms with Crippen molar-refractivity contribution in [3.63, 3.8) is 0 Å². The highest BCUT2D eigenvalue weighted by molar-refractivity contribution is 6.18. The van der Waals surface area contributed by atoms with Crippen molar-refractivity contribution < 1.29 is 4.79 Å². The Morgan fingerprint density at radius 1 is 1.42 bits per heavy atom. The van der Waals surface area contributed by atoms with Crippen LogP contribution in [0.3, 0.4) is 0 Å². The van der Waals surface area contributed by atoms with Gasteiger partial charge in [-0.3, -0.25) is 4.79 Å². The third kappa shape index (κ3) is 1.05. The highest BCUT2D eigenvalue weighted by Gasteiger charge is 2.49. The number of rotatable bonds is 2. The lowest BCUT2D eigenvalue weighted by molar-refractivity contribution is -0.124. The number of carbonyl (C=O) groups is 1. The van der Waals surface area contributed by atoms with E-state index in [1.54, 1.807) is 0 Å². The summed E-state index contributed by atoms with van der Waals surface area (Å²) in [6, 6.07) is 0. The van der Waals surface area contributed by atoms with E-state index in [4.69, 9.17) is 17.3 Å². The number of hydrogen-bond acceptors (Lipinski definition) is 1. The van der Waals surface area contributed by atoms with E-state index in [1.807, 2.05) is 0 Å². The van der Waals surface area contributed by atoms with E-state index in [-0.39, 0.29) is 11.8 Å². The van der Waals surface area contributed by atoms with E-state index < -0.39 is 0 Å². The van der Waals surface area contributed by atoms with Gasteiger partial charge in [-0.1, -0.05) is 0 Å². The van der Waals surface area contributed by atoms with Crippen molar-refractivity contribution in [2.24, 2.45) is 29.4 Å². The van der Waals surface area contributed by atoms with Crippen LogP contribution in [0.25, 0.3) is 0 Å². The van der Waals surface area contributed by atoms with Gasteiger partial charge in [-0.15, -0.1) is 11.6 Å². The molecule has 2 rings (SSSR count). The molecule has 0 aliphatic heterocycles. The van der Waals surface area contributed by atoms with Crippen molar-refractivity contribution in [2.45, 2.75) is 19.3 Å². The van der Waals surface area contributed by atoms with Crippen molar-refractivity contribution in [1.29, 1.82) is 0 Å². The molecule has 0 aromatic carbocycles. The van der Waals surface area contributed by atoms with Crippen molar-refractivity contribution in [2.75, 3.05) is 5.88 Å². The number of fused-ring (bicyclic) bond motifs is 2. The molecule has 12 heavy (non-hydrogen) atoms. The molecule has 0 spiro atoms. The van der Waals surface area contributed by atoms with Crippen molar-refractivity contribution in [1.82, 2.24) is 0 Å². The van der Waals surface area contributed by atoms with Gasteiger partial charge in [0.05, 0.1) is 0 Å². The molecule has 68 valence electrons. The smallest absolute Gasteiger partial charge is 0.221 e. The molecule has 2 fully saturated rings. The first-order valence-electron chi connectivity index (χ1n) is 4.59. The van der Waals surface area contributed by atoms with E-state index in [9.17, 15) is 4.79 Å². The third-order valence-corrected chi connectivity index (χ3v) is 3.95. The van der Waals surface area contributed by atoms with Crippen LogP contribution in [-0.2, 0) is 4.79 Å². The second-order valence-corrected chi connectivity index (χ2v) is 4.39. The van der Waals surface area contributed by atoms with Gasteiger partial charge in [-0.25, -0.2) is 0 Å². The standard InChI is InChI=1S/C9H14ClNO/c10-4-7-5-1-2-6(3-5)8(7)9(11)12/h5-8H,1-4H2,(H2,11,12). The number of carbonyl (C=O) groups excluding carboxylic acids is 1. The van der Waals surface area contributed by atoms with Gasteiger partial charge in [0.1, 0.15) is 0 Å². The molecule has 2 N–H and O–H groups in total. The van der Waals surface area contributed by atoms with Gasteiger partial charge in [0.15, 0.2) is 0 Å². The molecule has 0 radical (unpaired) electrons. The summed E-state index contributed by atoms with van der Waals surface area (Å²) in [6.45, 7) is 0. The Hall–Kier alpha value is -0.240. The molecular weight excluding hydrogens is 174 g/mol. The predicted octanol–water partition coefficient (Wildman–Crippen LogP) is 1.37. The van der Waals surface area contributed by atoms with E-state index in [2.05, 4.69) is 0 Å². The number of halogens is 1. The van der Waals surface area contributed by atoms with Crippen LogP contribution >= 0.6 is 11.6 Å². The quantitative estimate of drug-likeness (QED) is 0.652. The molecule has 2 aliphatic carbocycles. The van der Waals surface area contributed by atoms with E-state index in [1.165, 1.54) is 19.3 Å². The minimum absolute atomic E-state index is 0.0845. The zero-order valence-electron chi connectivity index (χ0n) is 7.00. The summed E-state index contributed by atoms with van der Waals surface area (Å²) < 4.78 is 0. The average Bonchev–Trinajstić information content (AvgIpc) is 2.60. The molecule has 4 atom stereocenters. The molecule has 1 amide bonds. The molecule has 0 aromatic rings. The molecule has 0 aromatic heterocycles. The maximum atomic E-state index is 11.1. The van der Waals surface area contributed by atoms with Crippen molar-refractivity contribution >= 4 is 17.5 Å². The molecule has 3 heteroatoms. The summed E-state index contributed by atoms with van der Waals surface area (Å²) in [5, 5.41) is 0. The molecule has 2 saturated carbocycles. The number of hydrogen-bond donors (Lipinski definition) is 1. The number of alkyl halides is 1. The van der Waals surface area contributed by atoms with Crippen LogP contribution in [0.5, 0.6) is 0 Å². The monoisotopic (exact) mass is 187 g/mol. The Morgan fingerprint density at radius 3 is 2.58 bits per heavy atom. The maximum Gasteiger partial charge on any atom is 0.221 e. The fraction of sp³-hybridized carbons (Fsp3) is 0.889. The minimum atomic E-state index is -0.132. The van der Waals surface area contributed by atoms with Gasteiger partial charge >= 0.3 is 0 Å². The van der Waals surface area contributed by atoms with Gasteiger partial charge in [0, 0.05) is 11.8 Å². The molecule has 2 bridgehead atoms. The third-order valence-electron chi connectivity index (χ3n) is 3.60. The van der Waals surface area contributed by atoms with E-state index in [0.29, 0.717) is 23.6 Å². The Kier molecular flexibility index (Phi) is 2.03. The maximum absolute atomic E-state index is 11.1. The Morgan fingerprint density at radius 2 is 2.08 bits per heavy atom. The van der Waals surface area contributed by atoms with Gasteiger partial charge in [0.25, 0.3) is 0 Å². The summed E-state index contributed by atoms with van der Waals surface area (Å²) in [6.07, 6.45) is 3.63. The summed E-state index contributed by atoms with van der Waals surface area (Å²) in [5.74, 6) is 2.17. The van der Waals surface area contributed by atoms with Crippen LogP contribution in [0.4, 0.5) is 0 Å². The fourth-order valence-electron chi connectivity index (χ4n) is 3.08. The van der Waals surface area contributed by atoms with E-state index in [0.717, 1.165) is 0 Å². The normalized spacial score (nSPS) is 45.1. The molecule has 0 saturated heterocycles. The van der Waals surface area contributed by atoms with Crippen LogP contribution in [-0.4, -0.2) is 11.8 Å². The van der Waals surface area contributed by atoms with Crippen molar-refractivity contribution in [3.8, 4) is 0 Å². The van der Waals surface area contributed by atoms with Crippen LogP contribution in [0, 0.1) is 23.7 Å². The van der Waals surface area contributed by atoms with Crippen LogP contribution in [0.1, 0.15) is 19.3 Å². The van der Waals surface area contributed by atoms with Crippen LogP contribution in [0.2, 0.25) is 0 Å². The van der Waals surface area contributed by atoms with Crippen LogP contribution in [0.15, 0.2) is 0 Å². The Bertz CT molecular complexity index is 207. The lowest BCUT2D eigenvalue weighted by Crippen LogP contribution is -2.35. The number of nitrogens with two attached hydrogens (primary N) is 1. The zero-order chi connectivity index (χ0) is 8.72. The van der Waals surface area contributed by atoms with E-state index >= 15 is 0 Å². The number of primary amides is 1. The lowest BCUT2D eigenvalue weighted by atomic mass is 9.80. The SMILES string of the molecule is NC(=O)C1C2CCC(C2)C1CCl. The fourth-order valence-corrected chi connectivity index (χ4v) is 3.52. The molecular formula is C9H14ClNO. The highest BCUT2D eigenvalue weighted by Crippen LogP contribution is 2.52. The summed E-state index contributed by atoms with van der Waals surface area (Å²) in [4.78, 5) is 11.1. The molecule has 2 nitrogen and oxygen atoms in total. The minimum Gasteiger partial charge on any atom is -0.369 e. The average molecular weight is 188 g/mol. The first kappa shape index (κ1) is 8.36. The van der Waals surface area contributed by atoms with Crippen molar-refractivity contribution in [3.05, 3.63) is 0 Å². The van der Waals surface area contributed by atoms with Gasteiger partial charge in [0.2, 0.25) is 5.91 Å². The second kappa shape index (κ2) is 2.91. The van der Waals surface area contributed by atoms with Crippen LogP contribution < -0.4 is 5.73 Å². The predicted molar refractivity (Wildman–Crippen MR) is 47.7 cm³/mol. The lowest BCUT2D eigenvalue weighted by Gasteiger charge is -2.26. The second-order valence-electron chi connectivity index (χ2n) is 4.08. The molecule has 0 heterocycles. The Labute approximate surface area is 77.5 Å². The molecule has 2 aliphatic rings. The number of amides is 1.